The van der Waals surface area contributed by atoms with E-state index in [4.69, 9.17) is 9.47 Å². The van der Waals surface area contributed by atoms with Crippen LogP contribution in [0.15, 0.2) is 0 Å². The van der Waals surface area contributed by atoms with Crippen molar-refractivity contribution in [2.75, 3.05) is 40.5 Å². The molecule has 0 rings (SSSR count). The Labute approximate surface area is 70.1 Å². The zero-order chi connectivity index (χ0) is 8.95. The summed E-state index contributed by atoms with van der Waals surface area (Å²) in [5.41, 5.74) is 0. The van der Waals surface area contributed by atoms with Crippen molar-refractivity contribution in [1.82, 2.24) is 5.32 Å². The van der Waals surface area contributed by atoms with Gasteiger partial charge in [0.15, 0.2) is 0 Å². The summed E-state index contributed by atoms with van der Waals surface area (Å²) < 4.78 is 9.64. The molecule has 0 aliphatic rings. The highest BCUT2D eigenvalue weighted by atomic mass is 16.5. The molecule has 0 aromatic carbocycles. The van der Waals surface area contributed by atoms with E-state index in [2.05, 4.69) is 5.32 Å². The third-order valence-corrected chi connectivity index (χ3v) is 0.966. The van der Waals surface area contributed by atoms with E-state index in [1.807, 2.05) is 13.8 Å². The second kappa shape index (κ2) is 16.5. The molecule has 70 valence electrons. The van der Waals surface area contributed by atoms with Crippen molar-refractivity contribution in [3.8, 4) is 0 Å². The summed E-state index contributed by atoms with van der Waals surface area (Å²) in [4.78, 5) is 0. The zero-order valence-electron chi connectivity index (χ0n) is 8.14. The number of rotatable bonds is 6. The molecular formula is C8H21NO2. The van der Waals surface area contributed by atoms with Gasteiger partial charge in [0, 0.05) is 27.3 Å². The first-order valence-electron chi connectivity index (χ1n) is 4.10. The highest BCUT2D eigenvalue weighted by Gasteiger charge is 1.83. The number of nitrogens with one attached hydrogen (secondary N) is 1. The van der Waals surface area contributed by atoms with Crippen LogP contribution in [0.2, 0.25) is 0 Å². The van der Waals surface area contributed by atoms with Crippen LogP contribution in [-0.2, 0) is 9.47 Å². The Bertz CT molecular complexity index is 45.4. The van der Waals surface area contributed by atoms with Crippen LogP contribution in [0.5, 0.6) is 0 Å². The van der Waals surface area contributed by atoms with Crippen LogP contribution in [0.1, 0.15) is 13.8 Å². The van der Waals surface area contributed by atoms with Gasteiger partial charge >= 0.3 is 0 Å². The summed E-state index contributed by atoms with van der Waals surface area (Å²) in [6, 6.07) is 0. The minimum atomic E-state index is 0.768. The fourth-order valence-electron chi connectivity index (χ4n) is 0.473. The molecule has 0 radical (unpaired) electrons. The molecule has 0 unspecified atom stereocenters. The van der Waals surface area contributed by atoms with Gasteiger partial charge in [0.25, 0.3) is 0 Å². The lowest BCUT2D eigenvalue weighted by molar-refractivity contribution is 0.180. The van der Waals surface area contributed by atoms with Crippen molar-refractivity contribution >= 4 is 0 Å². The van der Waals surface area contributed by atoms with Crippen LogP contribution in [-0.4, -0.2) is 40.5 Å². The molecule has 0 aromatic heterocycles. The van der Waals surface area contributed by atoms with E-state index in [0.717, 1.165) is 26.3 Å². The maximum atomic E-state index is 4.82. The zero-order valence-corrected chi connectivity index (χ0v) is 8.14. The van der Waals surface area contributed by atoms with E-state index in [9.17, 15) is 0 Å². The monoisotopic (exact) mass is 163 g/mol. The molecule has 0 aliphatic carbocycles. The van der Waals surface area contributed by atoms with E-state index in [1.165, 1.54) is 0 Å². The van der Waals surface area contributed by atoms with Gasteiger partial charge in [0.05, 0.1) is 13.2 Å². The average molecular weight is 163 g/mol. The van der Waals surface area contributed by atoms with Gasteiger partial charge in [0.1, 0.15) is 0 Å². The van der Waals surface area contributed by atoms with Gasteiger partial charge in [-0.05, 0) is 0 Å². The predicted octanol–water partition coefficient (Wildman–Crippen LogP) is 0.895. The number of methoxy groups -OCH3 is 2. The summed E-state index contributed by atoms with van der Waals surface area (Å²) in [6.07, 6.45) is 0. The van der Waals surface area contributed by atoms with Gasteiger partial charge in [-0.25, -0.2) is 0 Å². The third kappa shape index (κ3) is 17.7. The Kier molecular flexibility index (Phi) is 20.2. The molecule has 0 amide bonds. The van der Waals surface area contributed by atoms with Crippen LogP contribution >= 0.6 is 0 Å². The quantitative estimate of drug-likeness (QED) is 0.590. The Hall–Kier alpha value is -0.120. The molecule has 0 aromatic rings. The molecule has 3 heteroatoms. The SMILES string of the molecule is CC.COCCNCCOC. The van der Waals surface area contributed by atoms with Crippen LogP contribution in [0, 0.1) is 0 Å². The normalized spacial score (nSPS) is 8.73. The Morgan fingerprint density at radius 3 is 1.55 bits per heavy atom. The molecule has 0 bridgehead atoms. The molecule has 1 N–H and O–H groups in total. The molecule has 0 heterocycles. The second-order valence-electron chi connectivity index (χ2n) is 1.74. The van der Waals surface area contributed by atoms with E-state index in [-0.39, 0.29) is 0 Å². The van der Waals surface area contributed by atoms with Gasteiger partial charge in [0.2, 0.25) is 0 Å². The molecular weight excluding hydrogens is 142 g/mol. The lowest BCUT2D eigenvalue weighted by Gasteiger charge is -2.01. The molecule has 0 fully saturated rings. The highest BCUT2D eigenvalue weighted by molar-refractivity contribution is 4.42. The summed E-state index contributed by atoms with van der Waals surface area (Å²) in [5.74, 6) is 0. The van der Waals surface area contributed by atoms with Gasteiger partial charge in [-0.2, -0.15) is 0 Å². The second-order valence-corrected chi connectivity index (χ2v) is 1.74. The first-order chi connectivity index (χ1) is 5.41. The van der Waals surface area contributed by atoms with Crippen LogP contribution < -0.4 is 5.32 Å². The van der Waals surface area contributed by atoms with Gasteiger partial charge < -0.3 is 14.8 Å². The Morgan fingerprint density at radius 2 is 1.27 bits per heavy atom. The first kappa shape index (κ1) is 13.5. The average Bonchev–Trinajstić information content (AvgIpc) is 2.08. The van der Waals surface area contributed by atoms with Gasteiger partial charge in [-0.15, -0.1) is 0 Å². The maximum Gasteiger partial charge on any atom is 0.0587 e. The maximum absolute atomic E-state index is 4.82. The number of hydrogen-bond donors (Lipinski definition) is 1. The molecule has 0 aliphatic heterocycles. The Morgan fingerprint density at radius 1 is 0.909 bits per heavy atom. The molecule has 11 heavy (non-hydrogen) atoms. The number of hydrogen-bond acceptors (Lipinski definition) is 3. The fourth-order valence-corrected chi connectivity index (χ4v) is 0.473. The minimum Gasteiger partial charge on any atom is -0.383 e. The lowest BCUT2D eigenvalue weighted by atomic mass is 10.6. The van der Waals surface area contributed by atoms with E-state index in [0.29, 0.717) is 0 Å². The van der Waals surface area contributed by atoms with Crippen molar-refractivity contribution in [2.45, 2.75) is 13.8 Å². The summed E-state index contributed by atoms with van der Waals surface area (Å²) in [6.45, 7) is 7.34. The third-order valence-electron chi connectivity index (χ3n) is 0.966. The van der Waals surface area contributed by atoms with E-state index >= 15 is 0 Å². The minimum absolute atomic E-state index is 0.768. The van der Waals surface area contributed by atoms with Crippen molar-refractivity contribution < 1.29 is 9.47 Å². The van der Waals surface area contributed by atoms with Crippen molar-refractivity contribution in [2.24, 2.45) is 0 Å². The molecule has 0 saturated heterocycles. The van der Waals surface area contributed by atoms with Crippen molar-refractivity contribution in [3.05, 3.63) is 0 Å². The summed E-state index contributed by atoms with van der Waals surface area (Å²) in [7, 11) is 3.38. The van der Waals surface area contributed by atoms with Crippen molar-refractivity contribution in [1.29, 1.82) is 0 Å². The molecule has 0 saturated carbocycles. The van der Waals surface area contributed by atoms with Gasteiger partial charge in [-0.1, -0.05) is 13.8 Å². The van der Waals surface area contributed by atoms with Crippen LogP contribution in [0.25, 0.3) is 0 Å². The van der Waals surface area contributed by atoms with Crippen molar-refractivity contribution in [3.63, 3.8) is 0 Å². The van der Waals surface area contributed by atoms with E-state index < -0.39 is 0 Å². The summed E-state index contributed by atoms with van der Waals surface area (Å²) >= 11 is 0. The standard InChI is InChI=1S/C6H15NO2.C2H6/c1-8-5-3-7-4-6-9-2;1-2/h7H,3-6H2,1-2H3;1-2H3. The van der Waals surface area contributed by atoms with Crippen LogP contribution in [0.3, 0.4) is 0 Å². The Balaban J connectivity index is 0. The number of ether oxygens (including phenoxy) is 2. The molecule has 0 spiro atoms. The fraction of sp³-hybridized carbons (Fsp3) is 1.00. The largest absolute Gasteiger partial charge is 0.383 e. The lowest BCUT2D eigenvalue weighted by Crippen LogP contribution is -2.23. The smallest absolute Gasteiger partial charge is 0.0587 e. The van der Waals surface area contributed by atoms with E-state index in [1.54, 1.807) is 14.2 Å². The van der Waals surface area contributed by atoms with Crippen LogP contribution in [0.4, 0.5) is 0 Å². The predicted molar refractivity (Wildman–Crippen MR) is 48.0 cm³/mol. The highest BCUT2D eigenvalue weighted by Crippen LogP contribution is 1.65. The first-order valence-corrected chi connectivity index (χ1v) is 4.10. The summed E-state index contributed by atoms with van der Waals surface area (Å²) in [5, 5.41) is 3.14. The topological polar surface area (TPSA) is 30.5 Å². The molecule has 0 atom stereocenters. The van der Waals surface area contributed by atoms with Gasteiger partial charge in [-0.3, -0.25) is 0 Å². The molecule has 3 nitrogen and oxygen atoms in total.